The molecule has 3 aromatic rings. The third-order valence-corrected chi connectivity index (χ3v) is 7.47. The van der Waals surface area contributed by atoms with Crippen LogP contribution < -0.4 is 0 Å². The summed E-state index contributed by atoms with van der Waals surface area (Å²) in [7, 11) is 0. The molecule has 1 heterocycles. The van der Waals surface area contributed by atoms with Gasteiger partial charge >= 0.3 is 12.1 Å². The van der Waals surface area contributed by atoms with Crippen molar-refractivity contribution in [1.29, 1.82) is 0 Å². The standard InChI is InChI=1S/C32H39N3O5/c1-30(2,3)38-27(36)23-16-11-10-15-22(23)26-33-28(34-40-26)32(17-12-18-32)20-35(29(37)39-31(4,5)6)25-19-24(25)21-13-8-7-9-14-21/h7-11,13-16,24-25H,12,17-20H2,1-6H3/t24-,25?/m1/s1. The average molecular weight is 546 g/mol. The number of ether oxygens (including phenoxy) is 2. The highest BCUT2D eigenvalue weighted by Gasteiger charge is 2.52. The molecule has 2 aliphatic rings. The van der Waals surface area contributed by atoms with Crippen LogP contribution in [-0.2, 0) is 14.9 Å². The third kappa shape index (κ3) is 6.06. The fourth-order valence-corrected chi connectivity index (χ4v) is 5.33. The van der Waals surface area contributed by atoms with E-state index < -0.39 is 22.6 Å². The summed E-state index contributed by atoms with van der Waals surface area (Å²) in [5, 5.41) is 4.39. The number of carbonyl (C=O) groups excluding carboxylic acids is 2. The van der Waals surface area contributed by atoms with Gasteiger partial charge in [0, 0.05) is 18.5 Å². The third-order valence-electron chi connectivity index (χ3n) is 7.47. The lowest BCUT2D eigenvalue weighted by atomic mass is 9.67. The molecular formula is C32H39N3O5. The Kier molecular flexibility index (Phi) is 7.23. The smallest absolute Gasteiger partial charge is 0.410 e. The van der Waals surface area contributed by atoms with Gasteiger partial charge < -0.3 is 18.9 Å². The van der Waals surface area contributed by atoms with E-state index in [4.69, 9.17) is 19.0 Å². The number of nitrogens with zero attached hydrogens (tertiary/aromatic N) is 3. The zero-order valence-electron chi connectivity index (χ0n) is 24.3. The van der Waals surface area contributed by atoms with Crippen LogP contribution in [-0.4, -0.2) is 50.9 Å². The molecule has 0 radical (unpaired) electrons. The number of benzene rings is 2. The molecule has 0 bridgehead atoms. The Balaban J connectivity index is 1.42. The number of carbonyl (C=O) groups is 2. The molecule has 1 amide bonds. The van der Waals surface area contributed by atoms with E-state index in [2.05, 4.69) is 17.3 Å². The van der Waals surface area contributed by atoms with Gasteiger partial charge in [-0.1, -0.05) is 54.0 Å². The quantitative estimate of drug-likeness (QED) is 0.298. The Morgan fingerprint density at radius 2 is 1.60 bits per heavy atom. The SMILES string of the molecule is CC(C)(C)OC(=O)c1ccccc1-c1nc(C2(CN(C(=O)OC(C)(C)C)C3C[C@@H]3c3ccccc3)CCC2)no1. The molecule has 2 fully saturated rings. The molecule has 0 saturated heterocycles. The van der Waals surface area contributed by atoms with Gasteiger partial charge in [0.15, 0.2) is 5.82 Å². The first-order chi connectivity index (χ1) is 18.9. The Bertz CT molecular complexity index is 1360. The molecule has 1 aromatic heterocycles. The fourth-order valence-electron chi connectivity index (χ4n) is 5.33. The van der Waals surface area contributed by atoms with Crippen LogP contribution in [0.1, 0.15) is 94.9 Å². The van der Waals surface area contributed by atoms with Crippen LogP contribution in [0.25, 0.3) is 11.5 Å². The van der Waals surface area contributed by atoms with Crippen molar-refractivity contribution in [3.8, 4) is 11.5 Å². The largest absolute Gasteiger partial charge is 0.456 e. The van der Waals surface area contributed by atoms with Crippen LogP contribution in [0.4, 0.5) is 4.79 Å². The first-order valence-electron chi connectivity index (χ1n) is 14.1. The number of rotatable bonds is 7. The van der Waals surface area contributed by atoms with Gasteiger partial charge in [-0.25, -0.2) is 9.59 Å². The van der Waals surface area contributed by atoms with Gasteiger partial charge in [-0.05, 0) is 78.5 Å². The minimum atomic E-state index is -0.633. The molecule has 0 N–H and O–H groups in total. The van der Waals surface area contributed by atoms with Crippen molar-refractivity contribution in [3.63, 3.8) is 0 Å². The number of aromatic nitrogens is 2. The van der Waals surface area contributed by atoms with Crippen LogP contribution in [0.2, 0.25) is 0 Å². The van der Waals surface area contributed by atoms with Crippen molar-refractivity contribution in [3.05, 3.63) is 71.5 Å². The monoisotopic (exact) mass is 545 g/mol. The molecule has 212 valence electrons. The predicted molar refractivity (Wildman–Crippen MR) is 151 cm³/mol. The van der Waals surface area contributed by atoms with E-state index in [0.717, 1.165) is 25.7 Å². The van der Waals surface area contributed by atoms with E-state index in [1.54, 1.807) is 18.2 Å². The van der Waals surface area contributed by atoms with Crippen LogP contribution in [0.15, 0.2) is 59.1 Å². The number of amides is 1. The lowest BCUT2D eigenvalue weighted by Crippen LogP contribution is -2.50. The lowest BCUT2D eigenvalue weighted by Gasteiger charge is -2.43. The molecule has 0 aliphatic heterocycles. The Labute approximate surface area is 236 Å². The summed E-state index contributed by atoms with van der Waals surface area (Å²) >= 11 is 0. The molecule has 0 spiro atoms. The maximum Gasteiger partial charge on any atom is 0.410 e. The second kappa shape index (κ2) is 10.4. The van der Waals surface area contributed by atoms with E-state index in [1.807, 2.05) is 70.7 Å². The second-order valence-electron chi connectivity index (χ2n) is 13.0. The maximum atomic E-state index is 13.5. The molecule has 40 heavy (non-hydrogen) atoms. The van der Waals surface area contributed by atoms with Crippen LogP contribution >= 0.6 is 0 Å². The molecule has 2 atom stereocenters. The van der Waals surface area contributed by atoms with Crippen molar-refractivity contribution in [2.75, 3.05) is 6.54 Å². The molecule has 8 nitrogen and oxygen atoms in total. The zero-order valence-corrected chi connectivity index (χ0v) is 24.3. The lowest BCUT2D eigenvalue weighted by molar-refractivity contribution is 0.00681. The molecule has 5 rings (SSSR count). The molecule has 2 saturated carbocycles. The van der Waals surface area contributed by atoms with Gasteiger partial charge in [0.2, 0.25) is 0 Å². The summed E-state index contributed by atoms with van der Waals surface area (Å²) < 4.78 is 17.2. The minimum Gasteiger partial charge on any atom is -0.456 e. The van der Waals surface area contributed by atoms with Crippen molar-refractivity contribution in [2.24, 2.45) is 0 Å². The summed E-state index contributed by atoms with van der Waals surface area (Å²) in [5.74, 6) is 0.642. The van der Waals surface area contributed by atoms with Crippen molar-refractivity contribution in [1.82, 2.24) is 15.0 Å². The zero-order chi connectivity index (χ0) is 28.7. The van der Waals surface area contributed by atoms with E-state index in [9.17, 15) is 9.59 Å². The second-order valence-corrected chi connectivity index (χ2v) is 13.0. The predicted octanol–water partition coefficient (Wildman–Crippen LogP) is 6.91. The minimum absolute atomic E-state index is 0.0500. The van der Waals surface area contributed by atoms with Crippen LogP contribution in [0.3, 0.4) is 0 Å². The van der Waals surface area contributed by atoms with Gasteiger partial charge in [0.05, 0.1) is 16.5 Å². The van der Waals surface area contributed by atoms with E-state index in [0.29, 0.717) is 23.5 Å². The van der Waals surface area contributed by atoms with Crippen molar-refractivity contribution < 1.29 is 23.6 Å². The molecule has 8 heteroatoms. The molecule has 1 unspecified atom stereocenters. The van der Waals surface area contributed by atoms with Gasteiger partial charge in [0.1, 0.15) is 11.2 Å². The Morgan fingerprint density at radius 3 is 2.23 bits per heavy atom. The first kappa shape index (κ1) is 27.9. The number of hydrogen-bond acceptors (Lipinski definition) is 7. The highest BCUT2D eigenvalue weighted by Crippen LogP contribution is 2.49. The summed E-state index contributed by atoms with van der Waals surface area (Å²) in [5.41, 5.74) is 0.442. The molecule has 2 aliphatic carbocycles. The summed E-state index contributed by atoms with van der Waals surface area (Å²) in [6.07, 6.45) is 3.25. The maximum absolute atomic E-state index is 13.5. The van der Waals surface area contributed by atoms with Crippen molar-refractivity contribution >= 4 is 12.1 Å². The highest BCUT2D eigenvalue weighted by molar-refractivity contribution is 5.96. The van der Waals surface area contributed by atoms with Crippen LogP contribution in [0.5, 0.6) is 0 Å². The van der Waals surface area contributed by atoms with E-state index in [1.165, 1.54) is 5.56 Å². The first-order valence-corrected chi connectivity index (χ1v) is 14.1. The van der Waals surface area contributed by atoms with Gasteiger partial charge in [0.25, 0.3) is 5.89 Å². The van der Waals surface area contributed by atoms with Gasteiger partial charge in [-0.3, -0.25) is 0 Å². The number of esters is 1. The Hall–Kier alpha value is -3.68. The fraction of sp³-hybridized carbons (Fsp3) is 0.500. The van der Waals surface area contributed by atoms with Crippen LogP contribution in [0, 0.1) is 0 Å². The van der Waals surface area contributed by atoms with E-state index in [-0.39, 0.29) is 23.9 Å². The summed E-state index contributed by atoms with van der Waals surface area (Å²) in [4.78, 5) is 33.1. The number of hydrogen-bond donors (Lipinski definition) is 0. The van der Waals surface area contributed by atoms with E-state index >= 15 is 0 Å². The highest BCUT2D eigenvalue weighted by atomic mass is 16.6. The van der Waals surface area contributed by atoms with Gasteiger partial charge in [-0.2, -0.15) is 4.98 Å². The topological polar surface area (TPSA) is 94.8 Å². The normalized spacial score (nSPS) is 19.9. The van der Waals surface area contributed by atoms with Crippen molar-refractivity contribution in [2.45, 2.75) is 95.8 Å². The molecular weight excluding hydrogens is 506 g/mol. The summed E-state index contributed by atoms with van der Waals surface area (Å²) in [6.45, 7) is 11.6. The van der Waals surface area contributed by atoms with Gasteiger partial charge in [-0.15, -0.1) is 0 Å². The Morgan fingerprint density at radius 1 is 0.950 bits per heavy atom. The average Bonchev–Trinajstić information content (AvgIpc) is 3.49. The summed E-state index contributed by atoms with van der Waals surface area (Å²) in [6, 6.07) is 17.4. The molecule has 2 aromatic carbocycles.